The second kappa shape index (κ2) is 10.0. The summed E-state index contributed by atoms with van der Waals surface area (Å²) >= 11 is 0. The van der Waals surface area contributed by atoms with E-state index in [9.17, 15) is 24.0 Å². The van der Waals surface area contributed by atoms with Gasteiger partial charge in [0.25, 0.3) is 17.7 Å². The third kappa shape index (κ3) is 4.57. The average molecular weight is 550 g/mol. The molecule has 0 spiro atoms. The summed E-state index contributed by atoms with van der Waals surface area (Å²) in [5, 5.41) is 8.56. The van der Waals surface area contributed by atoms with Crippen molar-refractivity contribution in [2.75, 3.05) is 0 Å². The molecule has 3 heterocycles. The van der Waals surface area contributed by atoms with Gasteiger partial charge < -0.3 is 15.2 Å². The number of amides is 5. The van der Waals surface area contributed by atoms with E-state index in [1.807, 2.05) is 50.2 Å². The van der Waals surface area contributed by atoms with Gasteiger partial charge in [-0.05, 0) is 49.5 Å². The molecule has 1 saturated heterocycles. The maximum absolute atomic E-state index is 13.5. The third-order valence-corrected chi connectivity index (χ3v) is 7.73. The maximum atomic E-state index is 13.5. The van der Waals surface area contributed by atoms with Crippen LogP contribution in [0.25, 0.3) is 0 Å². The third-order valence-electron chi connectivity index (χ3n) is 7.73. The van der Waals surface area contributed by atoms with Crippen LogP contribution in [0, 0.1) is 0 Å². The molecule has 41 heavy (non-hydrogen) atoms. The van der Waals surface area contributed by atoms with Gasteiger partial charge in [0.15, 0.2) is 0 Å². The highest BCUT2D eigenvalue weighted by Gasteiger charge is 2.45. The van der Waals surface area contributed by atoms with Gasteiger partial charge in [0.2, 0.25) is 11.8 Å². The Morgan fingerprint density at radius 3 is 2.51 bits per heavy atom. The second-order valence-corrected chi connectivity index (χ2v) is 10.8. The van der Waals surface area contributed by atoms with Crippen molar-refractivity contribution >= 4 is 42.0 Å². The summed E-state index contributed by atoms with van der Waals surface area (Å²) in [6, 6.07) is 18.8. The Balaban J connectivity index is 1.24. The Kier molecular flexibility index (Phi) is 6.46. The predicted octanol–water partition coefficient (Wildman–Crippen LogP) is 1.63. The summed E-state index contributed by atoms with van der Waals surface area (Å²) in [4.78, 5) is 65.0. The van der Waals surface area contributed by atoms with E-state index in [0.717, 1.165) is 10.4 Å². The van der Waals surface area contributed by atoms with Crippen LogP contribution in [0.15, 0.2) is 66.7 Å². The Morgan fingerprint density at radius 1 is 1.00 bits per heavy atom. The lowest BCUT2D eigenvalue weighted by molar-refractivity contribution is -0.136. The fourth-order valence-corrected chi connectivity index (χ4v) is 5.80. The summed E-state index contributed by atoms with van der Waals surface area (Å²) in [7, 11) is -0.389. The van der Waals surface area contributed by atoms with Gasteiger partial charge in [-0.25, -0.2) is 0 Å². The van der Waals surface area contributed by atoms with Crippen molar-refractivity contribution in [1.82, 2.24) is 20.8 Å². The van der Waals surface area contributed by atoms with E-state index in [2.05, 4.69) is 15.9 Å². The Hall–Kier alpha value is -4.77. The van der Waals surface area contributed by atoms with Gasteiger partial charge in [-0.3, -0.25) is 34.2 Å². The molecule has 1 atom stereocenters. The lowest BCUT2D eigenvalue weighted by atomic mass is 9.67. The largest absolute Gasteiger partial charge is 0.542 e. The van der Waals surface area contributed by atoms with Gasteiger partial charge in [0.1, 0.15) is 11.8 Å². The first-order chi connectivity index (χ1) is 19.7. The van der Waals surface area contributed by atoms with Crippen LogP contribution < -0.4 is 26.0 Å². The van der Waals surface area contributed by atoms with Crippen LogP contribution in [0.1, 0.15) is 68.9 Å². The first-order valence-corrected chi connectivity index (χ1v) is 13.4. The zero-order valence-electron chi connectivity index (χ0n) is 22.5. The molecule has 1 fully saturated rings. The smallest absolute Gasteiger partial charge is 0.483 e. The van der Waals surface area contributed by atoms with Crippen LogP contribution in [-0.4, -0.2) is 47.5 Å². The number of nitrogens with zero attached hydrogens (tertiary/aromatic N) is 1. The molecule has 0 aromatic heterocycles. The molecule has 3 aromatic rings. The van der Waals surface area contributed by atoms with Gasteiger partial charge in [-0.15, -0.1) is 0 Å². The molecule has 10 nitrogen and oxygen atoms in total. The van der Waals surface area contributed by atoms with Crippen molar-refractivity contribution < 1.29 is 28.6 Å². The van der Waals surface area contributed by atoms with Crippen molar-refractivity contribution in [3.63, 3.8) is 0 Å². The molecule has 6 rings (SSSR count). The molecule has 1 unspecified atom stereocenters. The minimum absolute atomic E-state index is 0.0186. The minimum Gasteiger partial charge on any atom is -0.542 e. The van der Waals surface area contributed by atoms with Crippen LogP contribution in [0.2, 0.25) is 0 Å². The van der Waals surface area contributed by atoms with E-state index in [1.54, 1.807) is 24.3 Å². The summed E-state index contributed by atoms with van der Waals surface area (Å²) in [6.07, 6.45) is 0.105. The number of hydrogen-bond acceptors (Lipinski definition) is 7. The molecular weight excluding hydrogens is 523 g/mol. The Bertz CT molecular complexity index is 1620. The SMILES string of the molecule is CC1(C)NB(c2ccccc2)Oc2cccc(C(=O)NCc3cccc4c3C(=O)N(C3CCC(=O)NC3=O)C4=O)c21. The number of fused-ring (bicyclic) bond motifs is 2. The summed E-state index contributed by atoms with van der Waals surface area (Å²) in [6.45, 7) is 3.95. The highest BCUT2D eigenvalue weighted by Crippen LogP contribution is 2.37. The zero-order chi connectivity index (χ0) is 28.9. The lowest BCUT2D eigenvalue weighted by Gasteiger charge is -2.38. The van der Waals surface area contributed by atoms with Crippen LogP contribution in [0.5, 0.6) is 5.75 Å². The highest BCUT2D eigenvalue weighted by molar-refractivity contribution is 6.66. The van der Waals surface area contributed by atoms with Crippen LogP contribution in [0.4, 0.5) is 0 Å². The minimum atomic E-state index is -1.06. The van der Waals surface area contributed by atoms with Crippen molar-refractivity contribution in [3.8, 4) is 5.75 Å². The van der Waals surface area contributed by atoms with E-state index in [1.165, 1.54) is 6.07 Å². The lowest BCUT2D eigenvalue weighted by Crippen LogP contribution is -2.60. The molecule has 0 bridgehead atoms. The number of rotatable bonds is 5. The number of nitrogens with one attached hydrogen (secondary N) is 3. The quantitative estimate of drug-likeness (QED) is 0.325. The molecular formula is C30H27BN4O6. The predicted molar refractivity (Wildman–Crippen MR) is 149 cm³/mol. The van der Waals surface area contributed by atoms with Crippen LogP contribution in [-0.2, 0) is 21.7 Å². The van der Waals surface area contributed by atoms with E-state index < -0.39 is 35.2 Å². The number of imide groups is 2. The Morgan fingerprint density at radius 2 is 1.76 bits per heavy atom. The summed E-state index contributed by atoms with van der Waals surface area (Å²) in [5.41, 5.74) is 2.24. The summed E-state index contributed by atoms with van der Waals surface area (Å²) < 4.78 is 6.25. The number of carbonyl (C=O) groups is 5. The zero-order valence-corrected chi connectivity index (χ0v) is 22.5. The summed E-state index contributed by atoms with van der Waals surface area (Å²) in [5.74, 6) is -2.09. The van der Waals surface area contributed by atoms with Crippen LogP contribution >= 0.6 is 0 Å². The molecule has 3 aliphatic heterocycles. The fraction of sp³-hybridized carbons (Fsp3) is 0.233. The highest BCUT2D eigenvalue weighted by atomic mass is 16.4. The van der Waals surface area contributed by atoms with Gasteiger partial charge in [0.05, 0.1) is 11.1 Å². The molecule has 3 aliphatic rings. The molecule has 11 heteroatoms. The van der Waals surface area contributed by atoms with Gasteiger partial charge in [-0.1, -0.05) is 48.5 Å². The van der Waals surface area contributed by atoms with Crippen LogP contribution in [0.3, 0.4) is 0 Å². The second-order valence-electron chi connectivity index (χ2n) is 10.8. The van der Waals surface area contributed by atoms with E-state index in [0.29, 0.717) is 22.4 Å². The maximum Gasteiger partial charge on any atom is 0.483 e. The van der Waals surface area contributed by atoms with Crippen molar-refractivity contribution in [2.24, 2.45) is 0 Å². The number of hydrogen-bond donors (Lipinski definition) is 3. The molecule has 3 aromatic carbocycles. The molecule has 3 N–H and O–H groups in total. The van der Waals surface area contributed by atoms with E-state index in [4.69, 9.17) is 4.65 Å². The van der Waals surface area contributed by atoms with Crippen molar-refractivity contribution in [2.45, 2.75) is 44.8 Å². The van der Waals surface area contributed by atoms with Gasteiger partial charge in [-0.2, -0.15) is 0 Å². The van der Waals surface area contributed by atoms with Gasteiger partial charge >= 0.3 is 7.05 Å². The first kappa shape index (κ1) is 26.5. The van der Waals surface area contributed by atoms with E-state index in [-0.39, 0.29) is 43.5 Å². The first-order valence-electron chi connectivity index (χ1n) is 13.4. The monoisotopic (exact) mass is 550 g/mol. The number of piperidine rings is 1. The standard InChI is InChI=1S/C30H27BN4O6/c1-30(2)25-20(12-7-13-22(25)41-31(34-30)18-9-4-3-5-10-18)26(37)32-16-17-8-6-11-19-24(17)29(40)35(28(19)39)21-14-15-23(36)33-27(21)38/h3-13,21,34H,14-16H2,1-2H3,(H,32,37)(H,33,36,38). The Labute approximate surface area is 236 Å². The number of carbonyl (C=O) groups excluding carboxylic acids is 5. The average Bonchev–Trinajstić information content (AvgIpc) is 3.21. The molecule has 0 radical (unpaired) electrons. The molecule has 5 amide bonds. The number of benzene rings is 3. The topological polar surface area (TPSA) is 134 Å². The van der Waals surface area contributed by atoms with Crippen molar-refractivity contribution in [3.05, 3.63) is 94.5 Å². The van der Waals surface area contributed by atoms with Gasteiger partial charge in [0, 0.05) is 29.6 Å². The van der Waals surface area contributed by atoms with E-state index >= 15 is 0 Å². The normalized spacial score (nSPS) is 19.3. The fourth-order valence-electron chi connectivity index (χ4n) is 5.80. The van der Waals surface area contributed by atoms with Crippen molar-refractivity contribution in [1.29, 1.82) is 0 Å². The molecule has 206 valence electrons. The molecule has 0 aliphatic carbocycles. The molecule has 0 saturated carbocycles.